The first-order valence-electron chi connectivity index (χ1n) is 6.35. The van der Waals surface area contributed by atoms with Crippen molar-refractivity contribution in [3.63, 3.8) is 0 Å². The molecule has 0 fully saturated rings. The second-order valence-electron chi connectivity index (χ2n) is 4.77. The molecule has 0 radical (unpaired) electrons. The van der Waals surface area contributed by atoms with Gasteiger partial charge in [-0.15, -0.1) is 0 Å². The van der Waals surface area contributed by atoms with Gasteiger partial charge in [0.05, 0.1) is 6.61 Å². The maximum absolute atomic E-state index is 13.0. The zero-order valence-corrected chi connectivity index (χ0v) is 11.3. The van der Waals surface area contributed by atoms with E-state index in [1.807, 2.05) is 25.8 Å². The second kappa shape index (κ2) is 6.83. The van der Waals surface area contributed by atoms with Gasteiger partial charge in [-0.05, 0) is 38.1 Å². The lowest BCUT2D eigenvalue weighted by atomic mass is 9.95. The summed E-state index contributed by atoms with van der Waals surface area (Å²) in [5.41, 5.74) is 7.14. The molecule has 0 heterocycles. The van der Waals surface area contributed by atoms with E-state index in [1.54, 1.807) is 12.1 Å². The molecular formula is C14H23FN2O. The van der Waals surface area contributed by atoms with Gasteiger partial charge in [0.2, 0.25) is 0 Å². The Morgan fingerprint density at radius 2 is 1.89 bits per heavy atom. The van der Waals surface area contributed by atoms with Crippen molar-refractivity contribution < 1.29 is 9.50 Å². The van der Waals surface area contributed by atoms with E-state index in [9.17, 15) is 9.50 Å². The molecule has 3 nitrogen and oxygen atoms in total. The third-order valence-corrected chi connectivity index (χ3v) is 3.49. The molecule has 0 spiro atoms. The normalized spacial score (nSPS) is 16.6. The van der Waals surface area contributed by atoms with E-state index in [-0.39, 0.29) is 30.5 Å². The van der Waals surface area contributed by atoms with Gasteiger partial charge in [-0.3, -0.25) is 4.90 Å². The lowest BCUT2D eigenvalue weighted by Crippen LogP contribution is -2.44. The summed E-state index contributed by atoms with van der Waals surface area (Å²) < 4.78 is 13.0. The fraction of sp³-hybridized carbons (Fsp3) is 0.571. The molecule has 0 aliphatic carbocycles. The summed E-state index contributed by atoms with van der Waals surface area (Å²) in [6.07, 6.45) is 0.824. The summed E-state index contributed by atoms with van der Waals surface area (Å²) >= 11 is 0. The predicted molar refractivity (Wildman–Crippen MR) is 71.7 cm³/mol. The van der Waals surface area contributed by atoms with E-state index >= 15 is 0 Å². The quantitative estimate of drug-likeness (QED) is 0.815. The molecule has 1 rings (SSSR count). The number of aliphatic hydroxyl groups excluding tert-OH is 1. The number of likely N-dealkylation sites (N-methyl/N-ethyl adjacent to an activating group) is 1. The van der Waals surface area contributed by atoms with Crippen LogP contribution in [0.15, 0.2) is 24.3 Å². The maximum Gasteiger partial charge on any atom is 0.123 e. The number of aliphatic hydroxyl groups is 1. The van der Waals surface area contributed by atoms with Crippen LogP contribution in [-0.4, -0.2) is 35.7 Å². The predicted octanol–water partition coefficient (Wildman–Crippen LogP) is 1.92. The Hall–Kier alpha value is -0.970. The number of nitrogens with zero attached hydrogens (tertiary/aromatic N) is 1. The average molecular weight is 254 g/mol. The Bertz CT molecular complexity index is 355. The van der Waals surface area contributed by atoms with Crippen LogP contribution in [0, 0.1) is 5.82 Å². The second-order valence-corrected chi connectivity index (χ2v) is 4.77. The largest absolute Gasteiger partial charge is 0.395 e. The van der Waals surface area contributed by atoms with Crippen molar-refractivity contribution in [2.75, 3.05) is 13.7 Å². The van der Waals surface area contributed by atoms with Crippen LogP contribution < -0.4 is 5.73 Å². The standard InChI is InChI=1S/C14H23FN2O/c1-4-13(16)14(17(3)10(2)9-18)11-5-7-12(15)8-6-11/h5-8,10,13-14,18H,4,9,16H2,1-3H3. The topological polar surface area (TPSA) is 49.5 Å². The van der Waals surface area contributed by atoms with Crippen molar-refractivity contribution in [2.45, 2.75) is 38.4 Å². The molecule has 1 aromatic carbocycles. The minimum atomic E-state index is -0.250. The Balaban J connectivity index is 3.01. The lowest BCUT2D eigenvalue weighted by Gasteiger charge is -2.36. The SMILES string of the molecule is CCC(N)C(c1ccc(F)cc1)N(C)C(C)CO. The highest BCUT2D eigenvalue weighted by Crippen LogP contribution is 2.25. The molecule has 102 valence electrons. The van der Waals surface area contributed by atoms with Crippen molar-refractivity contribution in [1.82, 2.24) is 4.90 Å². The van der Waals surface area contributed by atoms with Crippen molar-refractivity contribution >= 4 is 0 Å². The lowest BCUT2D eigenvalue weighted by molar-refractivity contribution is 0.105. The van der Waals surface area contributed by atoms with Crippen molar-refractivity contribution in [3.05, 3.63) is 35.6 Å². The van der Waals surface area contributed by atoms with Crippen LogP contribution >= 0.6 is 0 Å². The van der Waals surface area contributed by atoms with Crippen molar-refractivity contribution in [2.24, 2.45) is 5.73 Å². The van der Waals surface area contributed by atoms with Crippen molar-refractivity contribution in [3.8, 4) is 0 Å². The van der Waals surface area contributed by atoms with Gasteiger partial charge in [0.15, 0.2) is 0 Å². The molecule has 0 amide bonds. The summed E-state index contributed by atoms with van der Waals surface area (Å²) in [5, 5.41) is 9.26. The highest BCUT2D eigenvalue weighted by Gasteiger charge is 2.26. The maximum atomic E-state index is 13.0. The number of rotatable bonds is 6. The van der Waals surface area contributed by atoms with Crippen LogP contribution in [0.4, 0.5) is 4.39 Å². The molecule has 4 heteroatoms. The summed E-state index contributed by atoms with van der Waals surface area (Å²) in [4.78, 5) is 2.04. The fourth-order valence-corrected chi connectivity index (χ4v) is 2.07. The zero-order chi connectivity index (χ0) is 13.7. The molecule has 0 saturated carbocycles. The first-order chi connectivity index (χ1) is 8.51. The van der Waals surface area contributed by atoms with Crippen LogP contribution in [0.5, 0.6) is 0 Å². The van der Waals surface area contributed by atoms with E-state index in [2.05, 4.69) is 0 Å². The molecule has 3 unspecified atom stereocenters. The molecular weight excluding hydrogens is 231 g/mol. The molecule has 0 saturated heterocycles. The van der Waals surface area contributed by atoms with Crippen LogP contribution in [0.2, 0.25) is 0 Å². The molecule has 0 aromatic heterocycles. The summed E-state index contributed by atoms with van der Waals surface area (Å²) in [5.74, 6) is -0.250. The Morgan fingerprint density at radius 1 is 1.33 bits per heavy atom. The number of nitrogens with two attached hydrogens (primary N) is 1. The van der Waals surface area contributed by atoms with Crippen LogP contribution in [0.25, 0.3) is 0 Å². The number of hydrogen-bond donors (Lipinski definition) is 2. The molecule has 0 aliphatic heterocycles. The molecule has 0 aliphatic rings. The van der Waals surface area contributed by atoms with Gasteiger partial charge in [-0.2, -0.15) is 0 Å². The summed E-state index contributed by atoms with van der Waals surface area (Å²) in [6, 6.07) is 6.36. The highest BCUT2D eigenvalue weighted by atomic mass is 19.1. The summed E-state index contributed by atoms with van der Waals surface area (Å²) in [6.45, 7) is 4.04. The number of hydrogen-bond acceptors (Lipinski definition) is 3. The summed E-state index contributed by atoms with van der Waals surface area (Å²) in [7, 11) is 1.93. The van der Waals surface area contributed by atoms with E-state index in [0.717, 1.165) is 12.0 Å². The molecule has 3 N–H and O–H groups in total. The van der Waals surface area contributed by atoms with E-state index in [0.29, 0.717) is 0 Å². The third-order valence-electron chi connectivity index (χ3n) is 3.49. The smallest absolute Gasteiger partial charge is 0.123 e. The molecule has 0 bridgehead atoms. The van der Waals surface area contributed by atoms with Crippen LogP contribution in [-0.2, 0) is 0 Å². The Kier molecular flexibility index (Phi) is 5.72. The minimum absolute atomic E-state index is 0.0117. The number of halogens is 1. The molecule has 1 aromatic rings. The van der Waals surface area contributed by atoms with Gasteiger partial charge < -0.3 is 10.8 Å². The van der Waals surface area contributed by atoms with Crippen LogP contribution in [0.3, 0.4) is 0 Å². The third kappa shape index (κ3) is 3.51. The minimum Gasteiger partial charge on any atom is -0.395 e. The first kappa shape index (κ1) is 15.1. The van der Waals surface area contributed by atoms with E-state index < -0.39 is 0 Å². The first-order valence-corrected chi connectivity index (χ1v) is 6.35. The molecule has 18 heavy (non-hydrogen) atoms. The van der Waals surface area contributed by atoms with Gasteiger partial charge in [0.1, 0.15) is 5.82 Å². The Labute approximate surface area is 108 Å². The number of benzene rings is 1. The average Bonchev–Trinajstić information content (AvgIpc) is 2.39. The van der Waals surface area contributed by atoms with E-state index in [1.165, 1.54) is 12.1 Å². The van der Waals surface area contributed by atoms with Crippen LogP contribution in [0.1, 0.15) is 31.9 Å². The highest BCUT2D eigenvalue weighted by molar-refractivity contribution is 5.21. The van der Waals surface area contributed by atoms with Gasteiger partial charge in [0, 0.05) is 18.1 Å². The van der Waals surface area contributed by atoms with Gasteiger partial charge >= 0.3 is 0 Å². The van der Waals surface area contributed by atoms with E-state index in [4.69, 9.17) is 5.73 Å². The molecule has 3 atom stereocenters. The monoisotopic (exact) mass is 254 g/mol. The fourth-order valence-electron chi connectivity index (χ4n) is 2.07. The zero-order valence-electron chi connectivity index (χ0n) is 11.3. The van der Waals surface area contributed by atoms with Gasteiger partial charge in [-0.25, -0.2) is 4.39 Å². The Morgan fingerprint density at radius 3 is 2.33 bits per heavy atom. The van der Waals surface area contributed by atoms with Gasteiger partial charge in [0.25, 0.3) is 0 Å². The van der Waals surface area contributed by atoms with Gasteiger partial charge in [-0.1, -0.05) is 19.1 Å². The van der Waals surface area contributed by atoms with Crippen molar-refractivity contribution in [1.29, 1.82) is 0 Å².